The Labute approximate surface area is 131 Å². The monoisotopic (exact) mass is 294 g/mol. The highest BCUT2D eigenvalue weighted by Crippen LogP contribution is 2.34. The first-order valence-electron chi connectivity index (χ1n) is 8.03. The van der Waals surface area contributed by atoms with Crippen molar-refractivity contribution in [2.24, 2.45) is 5.73 Å². The Morgan fingerprint density at radius 3 is 2.86 bits per heavy atom. The third-order valence-corrected chi connectivity index (χ3v) is 4.48. The summed E-state index contributed by atoms with van der Waals surface area (Å²) in [7, 11) is 0. The lowest BCUT2D eigenvalue weighted by Crippen LogP contribution is -2.20. The minimum atomic E-state index is 0.415. The van der Waals surface area contributed by atoms with Crippen LogP contribution in [0.25, 0.3) is 0 Å². The van der Waals surface area contributed by atoms with Gasteiger partial charge in [0.25, 0.3) is 0 Å². The third kappa shape index (κ3) is 2.90. The topological polar surface area (TPSA) is 67.6 Å². The van der Waals surface area contributed by atoms with Crippen molar-refractivity contribution in [3.63, 3.8) is 0 Å². The van der Waals surface area contributed by atoms with Crippen LogP contribution in [-0.2, 0) is 19.4 Å². The zero-order valence-electron chi connectivity index (χ0n) is 12.8. The molecule has 0 saturated heterocycles. The van der Waals surface area contributed by atoms with E-state index < -0.39 is 0 Å². The van der Waals surface area contributed by atoms with Gasteiger partial charge in [0, 0.05) is 17.7 Å². The smallest absolute Gasteiger partial charge is 0.0706 e. The van der Waals surface area contributed by atoms with Crippen molar-refractivity contribution in [3.8, 4) is 6.07 Å². The Morgan fingerprint density at radius 1 is 1.32 bits per heavy atom. The molecule has 0 fully saturated rings. The van der Waals surface area contributed by atoms with Crippen LogP contribution in [0, 0.1) is 11.3 Å². The second-order valence-corrected chi connectivity index (χ2v) is 5.93. The fourth-order valence-electron chi connectivity index (χ4n) is 3.46. The quantitative estimate of drug-likeness (QED) is 0.922. The maximum Gasteiger partial charge on any atom is 0.0706 e. The molecule has 3 rings (SSSR count). The molecule has 1 aromatic heterocycles. The second-order valence-electron chi connectivity index (χ2n) is 5.93. The molecular weight excluding hydrogens is 272 g/mol. The van der Waals surface area contributed by atoms with Gasteiger partial charge in [-0.3, -0.25) is 4.68 Å². The molecule has 1 aliphatic carbocycles. The van der Waals surface area contributed by atoms with Gasteiger partial charge in [0.05, 0.1) is 24.7 Å². The van der Waals surface area contributed by atoms with E-state index in [0.717, 1.165) is 31.4 Å². The number of rotatable bonds is 5. The van der Waals surface area contributed by atoms with Crippen molar-refractivity contribution in [1.82, 2.24) is 9.78 Å². The molecule has 114 valence electrons. The summed E-state index contributed by atoms with van der Waals surface area (Å²) in [5.74, 6) is 0.415. The van der Waals surface area contributed by atoms with E-state index in [0.29, 0.717) is 25.4 Å². The lowest BCUT2D eigenvalue weighted by Gasteiger charge is -2.22. The number of benzene rings is 1. The largest absolute Gasteiger partial charge is 0.330 e. The van der Waals surface area contributed by atoms with Gasteiger partial charge in [-0.1, -0.05) is 30.3 Å². The van der Waals surface area contributed by atoms with Crippen molar-refractivity contribution in [1.29, 1.82) is 5.26 Å². The molecule has 0 radical (unpaired) electrons. The predicted octanol–water partition coefficient (Wildman–Crippen LogP) is 2.77. The summed E-state index contributed by atoms with van der Waals surface area (Å²) in [4.78, 5) is 0. The number of nitrogens with zero attached hydrogens (tertiary/aromatic N) is 3. The fourth-order valence-corrected chi connectivity index (χ4v) is 3.46. The number of aromatic nitrogens is 2. The molecule has 2 aromatic rings. The van der Waals surface area contributed by atoms with Gasteiger partial charge in [0.15, 0.2) is 0 Å². The number of hydrogen-bond donors (Lipinski definition) is 1. The van der Waals surface area contributed by atoms with E-state index in [-0.39, 0.29) is 0 Å². The molecule has 1 aromatic carbocycles. The van der Waals surface area contributed by atoms with Gasteiger partial charge in [0.1, 0.15) is 0 Å². The lowest BCUT2D eigenvalue weighted by molar-refractivity contribution is 0.520. The van der Waals surface area contributed by atoms with Crippen LogP contribution in [0.1, 0.15) is 47.7 Å². The average Bonchev–Trinajstić information content (AvgIpc) is 2.92. The molecule has 1 unspecified atom stereocenters. The first-order valence-corrected chi connectivity index (χ1v) is 8.03. The second kappa shape index (κ2) is 6.76. The Kier molecular flexibility index (Phi) is 4.55. The molecule has 0 bridgehead atoms. The summed E-state index contributed by atoms with van der Waals surface area (Å²) in [5.41, 5.74) is 11.1. The average molecular weight is 294 g/mol. The maximum absolute atomic E-state index is 8.86. The summed E-state index contributed by atoms with van der Waals surface area (Å²) in [6.45, 7) is 1.36. The number of hydrogen-bond acceptors (Lipinski definition) is 3. The standard InChI is InChI=1S/C18H22N4/c19-10-5-11-22-17-9-4-8-15(13-20)18(17)16(21-22)12-14-6-2-1-3-7-14/h1-3,6-7,15H,4-5,8-9,11-13,20H2. The Morgan fingerprint density at radius 2 is 2.14 bits per heavy atom. The van der Waals surface area contributed by atoms with Crippen molar-refractivity contribution >= 4 is 0 Å². The molecule has 4 heteroatoms. The number of nitriles is 1. The van der Waals surface area contributed by atoms with Gasteiger partial charge < -0.3 is 5.73 Å². The molecule has 4 nitrogen and oxygen atoms in total. The summed E-state index contributed by atoms with van der Waals surface area (Å²) in [6, 6.07) is 12.7. The van der Waals surface area contributed by atoms with Crippen LogP contribution in [0.3, 0.4) is 0 Å². The van der Waals surface area contributed by atoms with Crippen molar-refractivity contribution in [3.05, 3.63) is 52.8 Å². The Hall–Kier alpha value is -2.12. The first-order chi connectivity index (χ1) is 10.8. The van der Waals surface area contributed by atoms with E-state index in [2.05, 4.69) is 35.0 Å². The van der Waals surface area contributed by atoms with E-state index in [1.165, 1.54) is 16.8 Å². The van der Waals surface area contributed by atoms with Crippen molar-refractivity contribution in [2.45, 2.75) is 44.6 Å². The highest BCUT2D eigenvalue weighted by molar-refractivity contribution is 5.36. The van der Waals surface area contributed by atoms with Gasteiger partial charge >= 0.3 is 0 Å². The van der Waals surface area contributed by atoms with E-state index >= 15 is 0 Å². The molecule has 1 atom stereocenters. The minimum absolute atomic E-state index is 0.415. The van der Waals surface area contributed by atoms with Gasteiger partial charge in [0.2, 0.25) is 0 Å². The zero-order valence-corrected chi connectivity index (χ0v) is 12.8. The first kappa shape index (κ1) is 14.8. The number of nitrogens with two attached hydrogens (primary N) is 1. The van der Waals surface area contributed by atoms with Gasteiger partial charge in [-0.2, -0.15) is 10.4 Å². The molecular formula is C18H22N4. The molecule has 0 amide bonds. The lowest BCUT2D eigenvalue weighted by atomic mass is 9.84. The minimum Gasteiger partial charge on any atom is -0.330 e. The molecule has 0 spiro atoms. The predicted molar refractivity (Wildman–Crippen MR) is 86.4 cm³/mol. The highest BCUT2D eigenvalue weighted by atomic mass is 15.3. The molecule has 2 N–H and O–H groups in total. The van der Waals surface area contributed by atoms with E-state index in [1.54, 1.807) is 0 Å². The number of fused-ring (bicyclic) bond motifs is 1. The molecule has 22 heavy (non-hydrogen) atoms. The number of aryl methyl sites for hydroxylation is 1. The van der Waals surface area contributed by atoms with E-state index in [4.69, 9.17) is 16.1 Å². The molecule has 0 aliphatic heterocycles. The van der Waals surface area contributed by atoms with Crippen LogP contribution in [0.2, 0.25) is 0 Å². The summed E-state index contributed by atoms with van der Waals surface area (Å²) in [6.07, 6.45) is 4.72. The van der Waals surface area contributed by atoms with Crippen LogP contribution in [0.4, 0.5) is 0 Å². The van der Waals surface area contributed by atoms with Gasteiger partial charge in [-0.15, -0.1) is 0 Å². The van der Waals surface area contributed by atoms with E-state index in [1.807, 2.05) is 6.07 Å². The van der Waals surface area contributed by atoms with Crippen LogP contribution in [0.15, 0.2) is 30.3 Å². The van der Waals surface area contributed by atoms with Gasteiger partial charge in [-0.05, 0) is 37.3 Å². The molecule has 0 saturated carbocycles. The van der Waals surface area contributed by atoms with Crippen LogP contribution in [0.5, 0.6) is 0 Å². The molecule has 1 aliphatic rings. The fraction of sp³-hybridized carbons (Fsp3) is 0.444. The third-order valence-electron chi connectivity index (χ3n) is 4.48. The maximum atomic E-state index is 8.86. The highest BCUT2D eigenvalue weighted by Gasteiger charge is 2.27. The van der Waals surface area contributed by atoms with Crippen LogP contribution in [-0.4, -0.2) is 16.3 Å². The Balaban J connectivity index is 1.97. The van der Waals surface area contributed by atoms with E-state index in [9.17, 15) is 0 Å². The normalized spacial score (nSPS) is 17.0. The van der Waals surface area contributed by atoms with Crippen LogP contribution >= 0.6 is 0 Å². The van der Waals surface area contributed by atoms with Crippen molar-refractivity contribution < 1.29 is 0 Å². The summed E-state index contributed by atoms with van der Waals surface area (Å²) >= 11 is 0. The van der Waals surface area contributed by atoms with Crippen LogP contribution < -0.4 is 5.73 Å². The van der Waals surface area contributed by atoms with Gasteiger partial charge in [-0.25, -0.2) is 0 Å². The zero-order chi connectivity index (χ0) is 15.4. The SMILES string of the molecule is N#CCCn1nc(Cc2ccccc2)c2c1CCCC2CN. The Bertz CT molecular complexity index is 666. The molecule has 1 heterocycles. The summed E-state index contributed by atoms with van der Waals surface area (Å²) in [5, 5.41) is 13.7. The summed E-state index contributed by atoms with van der Waals surface area (Å²) < 4.78 is 2.05. The van der Waals surface area contributed by atoms with Crippen molar-refractivity contribution in [2.75, 3.05) is 6.54 Å².